The number of aliphatic imine (C=N–C) groups is 1. The molecule has 0 radical (unpaired) electrons. The van der Waals surface area contributed by atoms with E-state index >= 15 is 0 Å². The SMILES string of the molecule is C1=CC[C@@H](C2=Nc3c(c4ccccc4c4ccccc34)NC2)C(c2cccc3c2sc2c(-c4ccccc4)cccc23)=C1. The Kier molecular flexibility index (Phi) is 5.60. The molecule has 0 spiro atoms. The van der Waals surface area contributed by atoms with E-state index in [-0.39, 0.29) is 5.92 Å². The van der Waals surface area contributed by atoms with Crippen LogP contribution in [0.25, 0.3) is 58.4 Å². The van der Waals surface area contributed by atoms with E-state index in [9.17, 15) is 0 Å². The number of benzene rings is 6. The lowest BCUT2D eigenvalue weighted by Gasteiger charge is -2.29. The first-order chi connectivity index (χ1) is 21.3. The first kappa shape index (κ1) is 24.6. The number of hydrogen-bond acceptors (Lipinski definition) is 3. The van der Waals surface area contributed by atoms with E-state index < -0.39 is 0 Å². The molecule has 43 heavy (non-hydrogen) atoms. The van der Waals surface area contributed by atoms with Crippen LogP contribution in [0.15, 0.2) is 138 Å². The van der Waals surface area contributed by atoms with Gasteiger partial charge >= 0.3 is 0 Å². The molecule has 1 aliphatic heterocycles. The summed E-state index contributed by atoms with van der Waals surface area (Å²) in [4.78, 5) is 5.48. The van der Waals surface area contributed by atoms with Crippen molar-refractivity contribution in [3.63, 3.8) is 0 Å². The molecule has 7 aromatic rings. The molecule has 2 heterocycles. The summed E-state index contributed by atoms with van der Waals surface area (Å²) in [7, 11) is 0. The Hall–Kier alpha value is -4.99. The highest BCUT2D eigenvalue weighted by atomic mass is 32.1. The zero-order valence-corrected chi connectivity index (χ0v) is 24.4. The fraction of sp³-hybridized carbons (Fsp3) is 0.0750. The summed E-state index contributed by atoms with van der Waals surface area (Å²) in [5, 5.41) is 11.5. The lowest BCUT2D eigenvalue weighted by atomic mass is 9.82. The Balaban J connectivity index is 1.21. The third kappa shape index (κ3) is 3.82. The second kappa shape index (κ2) is 9.79. The van der Waals surface area contributed by atoms with Crippen LogP contribution in [0.3, 0.4) is 0 Å². The van der Waals surface area contributed by atoms with Gasteiger partial charge in [0.2, 0.25) is 0 Å². The Morgan fingerprint density at radius 3 is 2.02 bits per heavy atom. The topological polar surface area (TPSA) is 24.4 Å². The third-order valence-corrected chi connectivity index (χ3v) is 10.4. The smallest absolute Gasteiger partial charge is 0.0946 e. The Labute approximate surface area is 254 Å². The van der Waals surface area contributed by atoms with Gasteiger partial charge in [0.05, 0.1) is 17.9 Å². The van der Waals surface area contributed by atoms with Crippen molar-refractivity contribution >= 4 is 75.7 Å². The minimum Gasteiger partial charge on any atom is -0.377 e. The first-order valence-corrected chi connectivity index (χ1v) is 15.8. The number of nitrogens with zero attached hydrogens (tertiary/aromatic N) is 1. The van der Waals surface area contributed by atoms with E-state index in [1.165, 1.54) is 69.7 Å². The van der Waals surface area contributed by atoms with Crippen molar-refractivity contribution in [2.45, 2.75) is 6.42 Å². The van der Waals surface area contributed by atoms with Gasteiger partial charge in [0.1, 0.15) is 0 Å². The standard InChI is InChI=1S/C40H28N2S/c1-2-12-25(13-3-1)26-20-10-22-34-35-23-11-21-33(40(35)43-39(26)34)29-16-4-7-17-30(29)36-24-41-37-31-18-8-5-14-27(31)28-15-6-9-19-32(28)38(37)42-36/h1-16,18-23,30,41H,17,24H2/t30-/m1/s1. The predicted octanol–water partition coefficient (Wildman–Crippen LogP) is 11.2. The molecule has 0 bridgehead atoms. The number of rotatable bonds is 3. The molecular weight excluding hydrogens is 541 g/mol. The maximum Gasteiger partial charge on any atom is 0.0946 e. The van der Waals surface area contributed by atoms with Crippen molar-refractivity contribution in [1.82, 2.24) is 0 Å². The van der Waals surface area contributed by atoms with Gasteiger partial charge < -0.3 is 5.32 Å². The summed E-state index contributed by atoms with van der Waals surface area (Å²) in [6.07, 6.45) is 7.79. The zero-order chi connectivity index (χ0) is 28.3. The van der Waals surface area contributed by atoms with Gasteiger partial charge in [-0.1, -0.05) is 133 Å². The molecule has 6 aromatic carbocycles. The number of thiophene rings is 1. The second-order valence-corrected chi connectivity index (χ2v) is 12.5. The van der Waals surface area contributed by atoms with E-state index in [2.05, 4.69) is 139 Å². The molecule has 2 aliphatic rings. The van der Waals surface area contributed by atoms with Crippen molar-refractivity contribution in [3.8, 4) is 11.1 Å². The molecule has 1 aliphatic carbocycles. The van der Waals surface area contributed by atoms with E-state index in [4.69, 9.17) is 4.99 Å². The van der Waals surface area contributed by atoms with Crippen LogP contribution in [-0.4, -0.2) is 12.3 Å². The average Bonchev–Trinajstić information content (AvgIpc) is 3.48. The largest absolute Gasteiger partial charge is 0.377 e. The molecule has 204 valence electrons. The number of fused-ring (bicyclic) bond motifs is 9. The van der Waals surface area contributed by atoms with Crippen LogP contribution < -0.4 is 5.32 Å². The lowest BCUT2D eigenvalue weighted by molar-refractivity contribution is 0.876. The van der Waals surface area contributed by atoms with Crippen LogP contribution in [0.2, 0.25) is 0 Å². The van der Waals surface area contributed by atoms with Crippen LogP contribution in [0.1, 0.15) is 12.0 Å². The normalized spacial score (nSPS) is 16.3. The molecular formula is C40H28N2S. The summed E-state index contributed by atoms with van der Waals surface area (Å²) in [5.41, 5.74) is 8.66. The van der Waals surface area contributed by atoms with E-state index in [1.54, 1.807) is 0 Å². The van der Waals surface area contributed by atoms with Gasteiger partial charge in [-0.25, -0.2) is 0 Å². The van der Waals surface area contributed by atoms with Gasteiger partial charge in [-0.3, -0.25) is 4.99 Å². The van der Waals surface area contributed by atoms with Gasteiger partial charge in [0.15, 0.2) is 0 Å². The Morgan fingerprint density at radius 2 is 1.23 bits per heavy atom. The highest BCUT2D eigenvalue weighted by molar-refractivity contribution is 7.26. The quantitative estimate of drug-likeness (QED) is 0.211. The Bertz CT molecular complexity index is 2320. The molecule has 9 rings (SSSR count). The van der Waals surface area contributed by atoms with Crippen LogP contribution in [-0.2, 0) is 0 Å². The Morgan fingerprint density at radius 1 is 0.605 bits per heavy atom. The molecule has 0 unspecified atom stereocenters. The van der Waals surface area contributed by atoms with E-state index in [0.717, 1.165) is 24.3 Å². The summed E-state index contributed by atoms with van der Waals surface area (Å²) in [6.45, 7) is 0.742. The van der Waals surface area contributed by atoms with Gasteiger partial charge in [-0.2, -0.15) is 0 Å². The minimum absolute atomic E-state index is 0.209. The van der Waals surface area contributed by atoms with Crippen molar-refractivity contribution in [2.24, 2.45) is 10.9 Å². The molecule has 0 saturated carbocycles. The van der Waals surface area contributed by atoms with Crippen molar-refractivity contribution in [2.75, 3.05) is 11.9 Å². The second-order valence-electron chi connectivity index (χ2n) is 11.4. The fourth-order valence-electron chi connectivity index (χ4n) is 7.10. The van der Waals surface area contributed by atoms with Crippen molar-refractivity contribution < 1.29 is 0 Å². The summed E-state index contributed by atoms with van der Waals surface area (Å²) in [6, 6.07) is 41.7. The molecule has 0 fully saturated rings. The van der Waals surface area contributed by atoms with Crippen LogP contribution in [0, 0.1) is 5.92 Å². The number of anilines is 1. The predicted molar refractivity (Wildman–Crippen MR) is 187 cm³/mol. The lowest BCUT2D eigenvalue weighted by Crippen LogP contribution is -2.27. The van der Waals surface area contributed by atoms with Gasteiger partial charge in [-0.15, -0.1) is 11.3 Å². The third-order valence-electron chi connectivity index (χ3n) is 9.09. The molecule has 0 saturated heterocycles. The fourth-order valence-corrected chi connectivity index (χ4v) is 8.47. The van der Waals surface area contributed by atoms with E-state index in [0.29, 0.717) is 0 Å². The maximum atomic E-state index is 5.48. The molecule has 1 N–H and O–H groups in total. The summed E-state index contributed by atoms with van der Waals surface area (Å²) in [5.74, 6) is 0.209. The molecule has 1 aromatic heterocycles. The average molecular weight is 569 g/mol. The highest BCUT2D eigenvalue weighted by Crippen LogP contribution is 2.47. The van der Waals surface area contributed by atoms with Gasteiger partial charge in [0.25, 0.3) is 0 Å². The maximum absolute atomic E-state index is 5.48. The minimum atomic E-state index is 0.209. The molecule has 0 amide bonds. The number of nitrogens with one attached hydrogen (secondary N) is 1. The van der Waals surface area contributed by atoms with Crippen LogP contribution >= 0.6 is 11.3 Å². The number of hydrogen-bond donors (Lipinski definition) is 1. The highest BCUT2D eigenvalue weighted by Gasteiger charge is 2.28. The van der Waals surface area contributed by atoms with Gasteiger partial charge in [0, 0.05) is 42.6 Å². The monoisotopic (exact) mass is 568 g/mol. The zero-order valence-electron chi connectivity index (χ0n) is 23.5. The summed E-state index contributed by atoms with van der Waals surface area (Å²) < 4.78 is 2.71. The van der Waals surface area contributed by atoms with Gasteiger partial charge in [-0.05, 0) is 39.5 Å². The van der Waals surface area contributed by atoms with E-state index in [1.807, 2.05) is 11.3 Å². The molecule has 1 atom stereocenters. The molecule has 3 heteroatoms. The van der Waals surface area contributed by atoms with Crippen molar-refractivity contribution in [1.29, 1.82) is 0 Å². The first-order valence-electron chi connectivity index (χ1n) is 15.0. The summed E-state index contributed by atoms with van der Waals surface area (Å²) >= 11 is 1.92. The number of allylic oxidation sites excluding steroid dienone is 4. The van der Waals surface area contributed by atoms with Crippen molar-refractivity contribution in [3.05, 3.63) is 139 Å². The van der Waals surface area contributed by atoms with Crippen LogP contribution in [0.4, 0.5) is 11.4 Å². The van der Waals surface area contributed by atoms with Crippen LogP contribution in [0.5, 0.6) is 0 Å². The molecule has 2 nitrogen and oxygen atoms in total.